The number of aromatic nitrogens is 1. The molecule has 2 aromatic rings. The number of carbonyl (C=O) groups excluding carboxylic acids is 1. The Morgan fingerprint density at radius 2 is 1.88 bits per heavy atom. The SMILES string of the molecule is O=C(Nc1ccc(SC(F)F)cc1)c1cccnc1SC1CCCC1. The first kappa shape index (κ1) is 18.2. The van der Waals surface area contributed by atoms with Crippen LogP contribution >= 0.6 is 23.5 Å². The van der Waals surface area contributed by atoms with E-state index in [1.807, 2.05) is 0 Å². The van der Waals surface area contributed by atoms with Crippen LogP contribution in [0.4, 0.5) is 14.5 Å². The maximum atomic E-state index is 12.6. The number of thioether (sulfide) groups is 2. The Hall–Kier alpha value is -1.60. The Labute approximate surface area is 154 Å². The lowest BCUT2D eigenvalue weighted by atomic mass is 10.2. The van der Waals surface area contributed by atoms with E-state index in [0.29, 0.717) is 33.2 Å². The van der Waals surface area contributed by atoms with Crippen molar-refractivity contribution in [3.8, 4) is 0 Å². The molecule has 1 N–H and O–H groups in total. The predicted molar refractivity (Wildman–Crippen MR) is 98.6 cm³/mol. The molecule has 0 atom stereocenters. The van der Waals surface area contributed by atoms with E-state index < -0.39 is 5.76 Å². The van der Waals surface area contributed by atoms with E-state index in [2.05, 4.69) is 10.3 Å². The third kappa shape index (κ3) is 5.19. The fourth-order valence-corrected chi connectivity index (χ4v) is 4.53. The minimum atomic E-state index is -2.45. The zero-order valence-corrected chi connectivity index (χ0v) is 15.1. The highest BCUT2D eigenvalue weighted by molar-refractivity contribution is 8.00. The molecular weight excluding hydrogens is 362 g/mol. The lowest BCUT2D eigenvalue weighted by molar-refractivity contribution is 0.102. The first-order chi connectivity index (χ1) is 12.1. The van der Waals surface area contributed by atoms with Gasteiger partial charge in [0, 0.05) is 22.0 Å². The number of carbonyl (C=O) groups is 1. The molecule has 1 aliphatic carbocycles. The average molecular weight is 380 g/mol. The molecule has 0 unspecified atom stereocenters. The van der Waals surface area contributed by atoms with Gasteiger partial charge in [0.25, 0.3) is 11.7 Å². The molecule has 1 heterocycles. The number of hydrogen-bond donors (Lipinski definition) is 1. The van der Waals surface area contributed by atoms with E-state index in [0.717, 1.165) is 17.9 Å². The maximum Gasteiger partial charge on any atom is 0.288 e. The number of nitrogens with zero attached hydrogens (tertiary/aromatic N) is 1. The van der Waals surface area contributed by atoms with Crippen LogP contribution in [0.5, 0.6) is 0 Å². The van der Waals surface area contributed by atoms with E-state index in [1.165, 1.54) is 12.8 Å². The molecule has 3 rings (SSSR count). The van der Waals surface area contributed by atoms with Crippen molar-refractivity contribution in [1.29, 1.82) is 0 Å². The molecule has 1 aromatic heterocycles. The van der Waals surface area contributed by atoms with E-state index >= 15 is 0 Å². The summed E-state index contributed by atoms with van der Waals surface area (Å²) in [5.41, 5.74) is 1.12. The van der Waals surface area contributed by atoms with Gasteiger partial charge in [-0.15, -0.1) is 11.8 Å². The van der Waals surface area contributed by atoms with Gasteiger partial charge in [0.2, 0.25) is 0 Å². The monoisotopic (exact) mass is 380 g/mol. The molecule has 1 aromatic carbocycles. The van der Waals surface area contributed by atoms with Crippen LogP contribution in [-0.2, 0) is 0 Å². The molecule has 0 radical (unpaired) electrons. The summed E-state index contributed by atoms with van der Waals surface area (Å²) in [7, 11) is 0. The zero-order valence-electron chi connectivity index (χ0n) is 13.5. The molecule has 0 bridgehead atoms. The summed E-state index contributed by atoms with van der Waals surface area (Å²) in [4.78, 5) is 17.4. The van der Waals surface area contributed by atoms with E-state index in [-0.39, 0.29) is 5.91 Å². The molecule has 3 nitrogen and oxygen atoms in total. The normalized spacial score (nSPS) is 14.8. The van der Waals surface area contributed by atoms with Gasteiger partial charge in [-0.1, -0.05) is 24.6 Å². The third-order valence-electron chi connectivity index (χ3n) is 3.93. The average Bonchev–Trinajstić information content (AvgIpc) is 3.10. The fourth-order valence-electron chi connectivity index (χ4n) is 2.74. The summed E-state index contributed by atoms with van der Waals surface area (Å²) in [6.07, 6.45) is 6.48. The van der Waals surface area contributed by atoms with Gasteiger partial charge in [-0.2, -0.15) is 8.78 Å². The van der Waals surface area contributed by atoms with Crippen LogP contribution in [-0.4, -0.2) is 21.9 Å². The van der Waals surface area contributed by atoms with Gasteiger partial charge in [0.05, 0.1) is 5.56 Å². The second-order valence-electron chi connectivity index (χ2n) is 5.74. The van der Waals surface area contributed by atoms with Gasteiger partial charge in [-0.25, -0.2) is 4.98 Å². The Balaban J connectivity index is 1.68. The van der Waals surface area contributed by atoms with Gasteiger partial charge in [-0.05, 0) is 49.2 Å². The van der Waals surface area contributed by atoms with Crippen molar-refractivity contribution < 1.29 is 13.6 Å². The standard InChI is InChI=1S/C18H18F2N2OS2/c19-18(20)25-14-9-7-12(8-10-14)22-16(23)15-6-3-11-21-17(15)24-13-4-1-2-5-13/h3,6-11,13,18H,1-2,4-5H2,(H,22,23). The Morgan fingerprint density at radius 1 is 1.16 bits per heavy atom. The molecule has 0 spiro atoms. The second-order valence-corrected chi connectivity index (χ2v) is 8.09. The highest BCUT2D eigenvalue weighted by atomic mass is 32.2. The second kappa shape index (κ2) is 8.67. The van der Waals surface area contributed by atoms with Crippen LogP contribution in [0, 0.1) is 0 Å². The number of alkyl halides is 2. The number of pyridine rings is 1. The smallest absolute Gasteiger partial charge is 0.288 e. The third-order valence-corrected chi connectivity index (χ3v) is 6.01. The summed E-state index contributed by atoms with van der Waals surface area (Å²) in [6, 6.07) is 9.91. The van der Waals surface area contributed by atoms with Crippen LogP contribution in [0.15, 0.2) is 52.5 Å². The molecule has 1 aliphatic rings. The van der Waals surface area contributed by atoms with Gasteiger partial charge in [0.15, 0.2) is 0 Å². The fraction of sp³-hybridized carbons (Fsp3) is 0.333. The van der Waals surface area contributed by atoms with Gasteiger partial charge >= 0.3 is 0 Å². The van der Waals surface area contributed by atoms with Crippen molar-refractivity contribution in [2.24, 2.45) is 0 Å². The molecule has 1 fully saturated rings. The number of rotatable bonds is 6. The number of halogens is 2. The Kier molecular flexibility index (Phi) is 6.31. The quantitative estimate of drug-likeness (QED) is 0.654. The van der Waals surface area contributed by atoms with Gasteiger partial charge in [0.1, 0.15) is 5.03 Å². The van der Waals surface area contributed by atoms with E-state index in [9.17, 15) is 13.6 Å². The topological polar surface area (TPSA) is 42.0 Å². The summed E-state index contributed by atoms with van der Waals surface area (Å²) in [5.74, 6) is -2.69. The first-order valence-electron chi connectivity index (χ1n) is 8.10. The van der Waals surface area contributed by atoms with Crippen molar-refractivity contribution in [3.63, 3.8) is 0 Å². The number of hydrogen-bond acceptors (Lipinski definition) is 4. The van der Waals surface area contributed by atoms with Crippen LogP contribution in [0.2, 0.25) is 0 Å². The molecular formula is C18H18F2N2OS2. The molecule has 0 aliphatic heterocycles. The summed E-state index contributed by atoms with van der Waals surface area (Å²) in [5, 5.41) is 4.08. The van der Waals surface area contributed by atoms with Gasteiger partial charge in [-0.3, -0.25) is 4.79 Å². The number of nitrogens with one attached hydrogen (secondary N) is 1. The summed E-state index contributed by atoms with van der Waals surface area (Å²) in [6.45, 7) is 0. The van der Waals surface area contributed by atoms with Crippen LogP contribution < -0.4 is 5.32 Å². The highest BCUT2D eigenvalue weighted by Crippen LogP contribution is 2.35. The molecule has 25 heavy (non-hydrogen) atoms. The number of amides is 1. The lowest BCUT2D eigenvalue weighted by Crippen LogP contribution is -2.14. The van der Waals surface area contributed by atoms with Crippen LogP contribution in [0.25, 0.3) is 0 Å². The van der Waals surface area contributed by atoms with Crippen LogP contribution in [0.1, 0.15) is 36.0 Å². The van der Waals surface area contributed by atoms with Crippen molar-refractivity contribution in [2.45, 2.75) is 46.6 Å². The number of benzene rings is 1. The maximum absolute atomic E-state index is 12.6. The Morgan fingerprint density at radius 3 is 2.56 bits per heavy atom. The lowest BCUT2D eigenvalue weighted by Gasteiger charge is -2.12. The van der Waals surface area contributed by atoms with E-state index in [1.54, 1.807) is 54.4 Å². The minimum absolute atomic E-state index is 0.233. The Bertz CT molecular complexity index is 719. The first-order valence-corrected chi connectivity index (χ1v) is 9.85. The summed E-state index contributed by atoms with van der Waals surface area (Å²) >= 11 is 2.15. The molecule has 1 saturated carbocycles. The van der Waals surface area contributed by atoms with Crippen molar-refractivity contribution >= 4 is 35.1 Å². The largest absolute Gasteiger partial charge is 0.322 e. The van der Waals surface area contributed by atoms with Crippen molar-refractivity contribution in [2.75, 3.05) is 5.32 Å². The zero-order chi connectivity index (χ0) is 17.6. The highest BCUT2D eigenvalue weighted by Gasteiger charge is 2.20. The number of anilines is 1. The van der Waals surface area contributed by atoms with E-state index in [4.69, 9.17) is 0 Å². The molecule has 132 valence electrons. The molecule has 1 amide bonds. The van der Waals surface area contributed by atoms with Crippen molar-refractivity contribution in [1.82, 2.24) is 4.98 Å². The van der Waals surface area contributed by atoms with Crippen molar-refractivity contribution in [3.05, 3.63) is 48.2 Å². The summed E-state index contributed by atoms with van der Waals surface area (Å²) < 4.78 is 24.7. The predicted octanol–water partition coefficient (Wildman–Crippen LogP) is 5.68. The minimum Gasteiger partial charge on any atom is -0.322 e. The van der Waals surface area contributed by atoms with Crippen LogP contribution in [0.3, 0.4) is 0 Å². The molecule has 7 heteroatoms. The molecule has 0 saturated heterocycles. The van der Waals surface area contributed by atoms with Gasteiger partial charge < -0.3 is 5.32 Å².